The topological polar surface area (TPSA) is 57.5 Å². The fraction of sp³-hybridized carbons (Fsp3) is 0.158. The quantitative estimate of drug-likeness (QED) is 0.639. The van der Waals surface area contributed by atoms with Crippen LogP contribution < -0.4 is 9.47 Å². The highest BCUT2D eigenvalue weighted by atomic mass is 19.4. The van der Waals surface area contributed by atoms with Crippen molar-refractivity contribution in [3.8, 4) is 11.5 Å². The molecule has 140 valence electrons. The van der Waals surface area contributed by atoms with Crippen LogP contribution in [0.3, 0.4) is 0 Å². The number of halogens is 3. The largest absolute Gasteiger partial charge is 0.496 e. The van der Waals surface area contributed by atoms with Crippen molar-refractivity contribution in [1.29, 1.82) is 0 Å². The van der Waals surface area contributed by atoms with Crippen LogP contribution in [-0.4, -0.2) is 23.6 Å². The van der Waals surface area contributed by atoms with E-state index in [-0.39, 0.29) is 16.8 Å². The fourth-order valence-corrected chi connectivity index (χ4v) is 2.85. The lowest BCUT2D eigenvalue weighted by Crippen LogP contribution is -2.12. The lowest BCUT2D eigenvalue weighted by atomic mass is 10.1. The molecule has 3 rings (SSSR count). The highest BCUT2D eigenvalue weighted by molar-refractivity contribution is 6.05. The van der Waals surface area contributed by atoms with Crippen molar-refractivity contribution in [3.05, 3.63) is 59.8 Å². The molecule has 27 heavy (non-hydrogen) atoms. The first-order chi connectivity index (χ1) is 12.7. The van der Waals surface area contributed by atoms with Crippen LogP contribution in [0.15, 0.2) is 48.7 Å². The Hall–Kier alpha value is -3.29. The molecule has 0 aliphatic rings. The second kappa shape index (κ2) is 6.79. The minimum Gasteiger partial charge on any atom is -0.496 e. The first-order valence-electron chi connectivity index (χ1n) is 7.81. The summed E-state index contributed by atoms with van der Waals surface area (Å²) in [5, 5.41) is -0.415. The molecule has 0 atom stereocenters. The molecule has 0 saturated carbocycles. The Balaban J connectivity index is 2.35. The van der Waals surface area contributed by atoms with Gasteiger partial charge in [-0.25, -0.2) is 0 Å². The van der Waals surface area contributed by atoms with Crippen LogP contribution in [0.25, 0.3) is 10.9 Å². The third-order valence-corrected chi connectivity index (χ3v) is 3.89. The van der Waals surface area contributed by atoms with E-state index in [1.165, 1.54) is 18.2 Å². The first kappa shape index (κ1) is 18.5. The third kappa shape index (κ3) is 3.38. The number of fused-ring (bicyclic) bond motifs is 1. The van der Waals surface area contributed by atoms with Crippen molar-refractivity contribution in [3.63, 3.8) is 0 Å². The standard InChI is InChI=1S/C19H14F3NO4/c1-11(24)27-15-10-23(18(25)12-6-4-3-5-7-12)13-8-9-14(26-2)17(16(13)15)19(20,21)22/h3-10H,1-2H3. The molecule has 0 fully saturated rings. The number of ether oxygens (including phenoxy) is 2. The van der Waals surface area contributed by atoms with Crippen LogP contribution >= 0.6 is 0 Å². The Morgan fingerprint density at radius 2 is 1.67 bits per heavy atom. The average molecular weight is 377 g/mol. The minimum atomic E-state index is -4.79. The Bertz CT molecular complexity index is 1020. The van der Waals surface area contributed by atoms with Gasteiger partial charge in [-0.15, -0.1) is 0 Å². The Morgan fingerprint density at radius 3 is 2.22 bits per heavy atom. The van der Waals surface area contributed by atoms with Gasteiger partial charge in [0.1, 0.15) is 11.3 Å². The van der Waals surface area contributed by atoms with Gasteiger partial charge in [-0.3, -0.25) is 14.2 Å². The molecule has 0 N–H and O–H groups in total. The van der Waals surface area contributed by atoms with Crippen LogP contribution in [-0.2, 0) is 11.0 Å². The maximum Gasteiger partial charge on any atom is 0.420 e. The Kier molecular flexibility index (Phi) is 4.65. The Morgan fingerprint density at radius 1 is 1.00 bits per heavy atom. The maximum atomic E-state index is 13.7. The molecule has 2 aromatic carbocycles. The predicted molar refractivity (Wildman–Crippen MR) is 91.0 cm³/mol. The lowest BCUT2D eigenvalue weighted by Gasteiger charge is -2.14. The number of carbonyl (C=O) groups excluding carboxylic acids is 2. The van der Waals surface area contributed by atoms with E-state index in [9.17, 15) is 22.8 Å². The van der Waals surface area contributed by atoms with Gasteiger partial charge in [0.05, 0.1) is 24.2 Å². The van der Waals surface area contributed by atoms with Crippen LogP contribution in [0.2, 0.25) is 0 Å². The molecule has 0 aliphatic heterocycles. The van der Waals surface area contributed by atoms with Gasteiger partial charge in [-0.05, 0) is 24.3 Å². The summed E-state index contributed by atoms with van der Waals surface area (Å²) in [6, 6.07) is 10.5. The van der Waals surface area contributed by atoms with Gasteiger partial charge in [0.15, 0.2) is 5.75 Å². The van der Waals surface area contributed by atoms with Crippen LogP contribution in [0.4, 0.5) is 13.2 Å². The van der Waals surface area contributed by atoms with E-state index in [1.807, 2.05) is 0 Å². The number of hydrogen-bond acceptors (Lipinski definition) is 4. The van der Waals surface area contributed by atoms with E-state index >= 15 is 0 Å². The number of benzene rings is 2. The van der Waals surface area contributed by atoms with E-state index < -0.39 is 34.8 Å². The van der Waals surface area contributed by atoms with Crippen molar-refractivity contribution in [2.24, 2.45) is 0 Å². The number of nitrogens with zero attached hydrogens (tertiary/aromatic N) is 1. The number of esters is 1. The number of alkyl halides is 3. The Labute approximate surface area is 151 Å². The summed E-state index contributed by atoms with van der Waals surface area (Å²) in [4.78, 5) is 24.2. The second-order valence-electron chi connectivity index (χ2n) is 5.66. The van der Waals surface area contributed by atoms with Gasteiger partial charge in [0.2, 0.25) is 0 Å². The van der Waals surface area contributed by atoms with Gasteiger partial charge < -0.3 is 9.47 Å². The number of aromatic nitrogens is 1. The van der Waals surface area contributed by atoms with E-state index in [1.54, 1.807) is 18.2 Å². The molecular formula is C19H14F3NO4. The van der Waals surface area contributed by atoms with Crippen LogP contribution in [0, 0.1) is 0 Å². The van der Waals surface area contributed by atoms with Crippen molar-refractivity contribution in [1.82, 2.24) is 4.57 Å². The summed E-state index contributed by atoms with van der Waals surface area (Å²) < 4.78 is 51.9. The van der Waals surface area contributed by atoms with Crippen molar-refractivity contribution >= 4 is 22.8 Å². The zero-order valence-electron chi connectivity index (χ0n) is 14.3. The van der Waals surface area contributed by atoms with Crippen LogP contribution in [0.5, 0.6) is 11.5 Å². The lowest BCUT2D eigenvalue weighted by molar-refractivity contribution is -0.138. The highest BCUT2D eigenvalue weighted by Crippen LogP contribution is 2.45. The smallest absolute Gasteiger partial charge is 0.420 e. The number of carbonyl (C=O) groups is 2. The SMILES string of the molecule is COc1ccc2c(c(OC(C)=O)cn2C(=O)c2ccccc2)c1C(F)(F)F. The van der Waals surface area contributed by atoms with Crippen molar-refractivity contribution < 1.29 is 32.2 Å². The maximum absolute atomic E-state index is 13.7. The van der Waals surface area contributed by atoms with Gasteiger partial charge in [-0.2, -0.15) is 13.2 Å². The zero-order chi connectivity index (χ0) is 19.8. The summed E-state index contributed by atoms with van der Waals surface area (Å²) in [5.41, 5.74) is -0.889. The third-order valence-electron chi connectivity index (χ3n) is 3.89. The molecule has 0 radical (unpaired) electrons. The molecule has 0 spiro atoms. The molecule has 1 heterocycles. The monoisotopic (exact) mass is 377 g/mol. The van der Waals surface area contributed by atoms with Crippen molar-refractivity contribution in [2.45, 2.75) is 13.1 Å². The molecule has 0 aliphatic carbocycles. The minimum absolute atomic E-state index is 0.0479. The molecule has 1 aromatic heterocycles. The van der Waals surface area contributed by atoms with Crippen molar-refractivity contribution in [2.75, 3.05) is 7.11 Å². The molecule has 0 unspecified atom stereocenters. The summed E-state index contributed by atoms with van der Waals surface area (Å²) in [6.07, 6.45) is -3.71. The van der Waals surface area contributed by atoms with E-state index in [2.05, 4.69) is 0 Å². The van der Waals surface area contributed by atoms with Gasteiger partial charge in [0, 0.05) is 12.5 Å². The summed E-state index contributed by atoms with van der Waals surface area (Å²) >= 11 is 0. The molecular weight excluding hydrogens is 363 g/mol. The second-order valence-corrected chi connectivity index (χ2v) is 5.66. The van der Waals surface area contributed by atoms with E-state index in [0.717, 1.165) is 30.9 Å². The molecule has 0 bridgehead atoms. The van der Waals surface area contributed by atoms with Crippen LogP contribution in [0.1, 0.15) is 22.8 Å². The number of methoxy groups -OCH3 is 1. The summed E-state index contributed by atoms with van der Waals surface area (Å²) in [7, 11) is 1.11. The van der Waals surface area contributed by atoms with Gasteiger partial charge in [-0.1, -0.05) is 18.2 Å². The zero-order valence-corrected chi connectivity index (χ0v) is 14.3. The summed E-state index contributed by atoms with van der Waals surface area (Å²) in [5.74, 6) is -2.17. The molecule has 3 aromatic rings. The van der Waals surface area contributed by atoms with Gasteiger partial charge >= 0.3 is 12.1 Å². The van der Waals surface area contributed by atoms with E-state index in [0.29, 0.717) is 0 Å². The number of rotatable bonds is 3. The fourth-order valence-electron chi connectivity index (χ4n) is 2.85. The molecule has 5 nitrogen and oxygen atoms in total. The summed E-state index contributed by atoms with van der Waals surface area (Å²) in [6.45, 7) is 1.07. The molecule has 0 amide bonds. The first-order valence-corrected chi connectivity index (χ1v) is 7.81. The number of hydrogen-bond donors (Lipinski definition) is 0. The highest BCUT2D eigenvalue weighted by Gasteiger charge is 2.39. The molecule has 0 saturated heterocycles. The molecule has 8 heteroatoms. The normalized spacial score (nSPS) is 11.4. The average Bonchev–Trinajstić information content (AvgIpc) is 2.97. The predicted octanol–water partition coefficient (Wildman–Crippen LogP) is 4.28. The van der Waals surface area contributed by atoms with E-state index in [4.69, 9.17) is 9.47 Å². The van der Waals surface area contributed by atoms with Gasteiger partial charge in [0.25, 0.3) is 5.91 Å².